The van der Waals surface area contributed by atoms with Crippen LogP contribution in [0.2, 0.25) is 0 Å². The zero-order valence-corrected chi connectivity index (χ0v) is 20.9. The van der Waals surface area contributed by atoms with Crippen LogP contribution in [0.25, 0.3) is 23.0 Å². The Hall–Kier alpha value is -2.90. The maximum absolute atomic E-state index is 13.0. The first kappa shape index (κ1) is 23.3. The summed E-state index contributed by atoms with van der Waals surface area (Å²) in [5.41, 5.74) is 4.70. The first-order valence-electron chi connectivity index (χ1n) is 11.0. The van der Waals surface area contributed by atoms with E-state index in [4.69, 9.17) is 22.1 Å². The summed E-state index contributed by atoms with van der Waals surface area (Å²) >= 11 is 6.80. The van der Waals surface area contributed by atoms with Crippen molar-refractivity contribution in [1.82, 2.24) is 14.7 Å². The Balaban J connectivity index is 1.80. The molecule has 3 aromatic rings. The van der Waals surface area contributed by atoms with Gasteiger partial charge in [0.1, 0.15) is 15.8 Å². The fraction of sp³-hybridized carbons (Fsp3) is 0.269. The number of aryl methyl sites for hydroxylation is 1. The molecule has 1 saturated heterocycles. The molecular formula is C26H27N3O2S2. The van der Waals surface area contributed by atoms with Gasteiger partial charge in [-0.25, -0.2) is 4.68 Å². The molecule has 5 nitrogen and oxygen atoms in total. The molecule has 0 radical (unpaired) electrons. The number of amides is 1. The van der Waals surface area contributed by atoms with Crippen LogP contribution in [-0.2, 0) is 4.79 Å². The predicted molar refractivity (Wildman–Crippen MR) is 140 cm³/mol. The minimum absolute atomic E-state index is 0.0211. The molecule has 0 bridgehead atoms. The molecule has 1 fully saturated rings. The highest BCUT2D eigenvalue weighted by Crippen LogP contribution is 2.36. The fourth-order valence-electron chi connectivity index (χ4n) is 3.69. The molecule has 1 aliphatic rings. The molecule has 2 heterocycles. The molecule has 1 aromatic heterocycles. The van der Waals surface area contributed by atoms with E-state index in [9.17, 15) is 4.79 Å². The molecular weight excluding hydrogens is 450 g/mol. The summed E-state index contributed by atoms with van der Waals surface area (Å²) < 4.78 is 8.24. The first-order chi connectivity index (χ1) is 15.9. The summed E-state index contributed by atoms with van der Waals surface area (Å²) in [6.07, 6.45) is 4.83. The lowest BCUT2D eigenvalue weighted by Gasteiger charge is -2.18. The van der Waals surface area contributed by atoms with Gasteiger partial charge in [0.2, 0.25) is 0 Å². The van der Waals surface area contributed by atoms with Crippen LogP contribution >= 0.6 is 24.0 Å². The van der Waals surface area contributed by atoms with Crippen LogP contribution < -0.4 is 4.74 Å². The molecule has 0 unspecified atom stereocenters. The number of hydrogen-bond donors (Lipinski definition) is 0. The summed E-state index contributed by atoms with van der Waals surface area (Å²) in [7, 11) is 0. The molecule has 170 valence electrons. The number of hydrogen-bond acceptors (Lipinski definition) is 5. The summed E-state index contributed by atoms with van der Waals surface area (Å²) in [6, 6.07) is 16.0. The van der Waals surface area contributed by atoms with Crippen molar-refractivity contribution in [3.05, 3.63) is 70.8 Å². The fourth-order valence-corrected chi connectivity index (χ4v) is 5.21. The number of thiocarbonyl (C=S) groups is 1. The van der Waals surface area contributed by atoms with Crippen molar-refractivity contribution < 1.29 is 9.53 Å². The lowest BCUT2D eigenvalue weighted by atomic mass is 10.0. The van der Waals surface area contributed by atoms with Gasteiger partial charge in [-0.15, -0.1) is 0 Å². The molecule has 4 rings (SSSR count). The second kappa shape index (κ2) is 9.93. The zero-order chi connectivity index (χ0) is 23.5. The third kappa shape index (κ3) is 4.89. The van der Waals surface area contributed by atoms with Crippen LogP contribution in [0, 0.1) is 6.92 Å². The van der Waals surface area contributed by atoms with Crippen LogP contribution in [0.5, 0.6) is 5.75 Å². The molecule has 1 amide bonds. The maximum atomic E-state index is 13.0. The Labute approximate surface area is 204 Å². The van der Waals surface area contributed by atoms with Crippen LogP contribution in [0.4, 0.5) is 0 Å². The van der Waals surface area contributed by atoms with E-state index in [0.717, 1.165) is 40.2 Å². The number of rotatable bonds is 7. The number of ether oxygens (including phenoxy) is 1. The van der Waals surface area contributed by atoms with E-state index in [1.807, 2.05) is 79.3 Å². The number of nitrogens with zero attached hydrogens (tertiary/aromatic N) is 3. The molecule has 0 saturated carbocycles. The number of benzene rings is 2. The van der Waals surface area contributed by atoms with Gasteiger partial charge in [0.25, 0.3) is 5.91 Å². The van der Waals surface area contributed by atoms with E-state index < -0.39 is 0 Å². The van der Waals surface area contributed by atoms with E-state index >= 15 is 0 Å². The number of thioether (sulfide) groups is 1. The van der Waals surface area contributed by atoms with Gasteiger partial charge < -0.3 is 4.74 Å². The Morgan fingerprint density at radius 1 is 1.18 bits per heavy atom. The van der Waals surface area contributed by atoms with Crippen LogP contribution in [0.3, 0.4) is 0 Å². The normalized spacial score (nSPS) is 15.2. The lowest BCUT2D eigenvalue weighted by Crippen LogP contribution is -2.34. The van der Waals surface area contributed by atoms with Crippen molar-refractivity contribution in [2.24, 2.45) is 0 Å². The average molecular weight is 478 g/mol. The van der Waals surface area contributed by atoms with E-state index in [1.165, 1.54) is 11.8 Å². The minimum Gasteiger partial charge on any atom is -0.494 e. The van der Waals surface area contributed by atoms with Crippen LogP contribution in [-0.4, -0.2) is 37.6 Å². The van der Waals surface area contributed by atoms with Crippen LogP contribution in [0.15, 0.2) is 59.6 Å². The number of carbonyl (C=O) groups is 1. The topological polar surface area (TPSA) is 47.4 Å². The number of para-hydroxylation sites is 1. The maximum Gasteiger partial charge on any atom is 0.266 e. The molecule has 0 atom stereocenters. The van der Waals surface area contributed by atoms with E-state index in [0.29, 0.717) is 15.8 Å². The molecule has 0 N–H and O–H groups in total. The predicted octanol–water partition coefficient (Wildman–Crippen LogP) is 6.25. The Bertz CT molecular complexity index is 1220. The van der Waals surface area contributed by atoms with E-state index in [2.05, 4.69) is 13.8 Å². The van der Waals surface area contributed by atoms with Crippen molar-refractivity contribution in [2.45, 2.75) is 40.2 Å². The molecule has 1 aliphatic heterocycles. The molecule has 7 heteroatoms. The summed E-state index contributed by atoms with van der Waals surface area (Å²) in [4.78, 5) is 15.3. The first-order valence-corrected chi connectivity index (χ1v) is 12.3. The highest BCUT2D eigenvalue weighted by molar-refractivity contribution is 8.26. The van der Waals surface area contributed by atoms with Crippen LogP contribution in [0.1, 0.15) is 38.3 Å². The van der Waals surface area contributed by atoms with Gasteiger partial charge in [0, 0.05) is 23.4 Å². The van der Waals surface area contributed by atoms with Gasteiger partial charge in [0.15, 0.2) is 0 Å². The smallest absolute Gasteiger partial charge is 0.266 e. The number of aromatic nitrogens is 2. The van der Waals surface area contributed by atoms with Gasteiger partial charge in [-0.05, 0) is 69.2 Å². The van der Waals surface area contributed by atoms with Gasteiger partial charge >= 0.3 is 0 Å². The van der Waals surface area contributed by atoms with Crippen molar-refractivity contribution >= 4 is 40.3 Å². The molecule has 33 heavy (non-hydrogen) atoms. The second-order valence-corrected chi connectivity index (χ2v) is 9.86. The number of carbonyl (C=O) groups excluding carboxylic acids is 1. The second-order valence-electron chi connectivity index (χ2n) is 8.18. The van der Waals surface area contributed by atoms with Gasteiger partial charge in [-0.2, -0.15) is 5.10 Å². The molecule has 2 aromatic carbocycles. The van der Waals surface area contributed by atoms with Crippen molar-refractivity contribution in [1.29, 1.82) is 0 Å². The molecule has 0 spiro atoms. The minimum atomic E-state index is -0.0570. The zero-order valence-electron chi connectivity index (χ0n) is 19.2. The molecule has 0 aliphatic carbocycles. The van der Waals surface area contributed by atoms with E-state index in [1.54, 1.807) is 4.90 Å². The third-order valence-electron chi connectivity index (χ3n) is 5.32. The average Bonchev–Trinajstić information content (AvgIpc) is 3.33. The Morgan fingerprint density at radius 3 is 2.58 bits per heavy atom. The summed E-state index contributed by atoms with van der Waals surface area (Å²) in [6.45, 7) is 8.77. The van der Waals surface area contributed by atoms with E-state index in [-0.39, 0.29) is 11.9 Å². The summed E-state index contributed by atoms with van der Waals surface area (Å²) in [5, 5.41) is 4.91. The highest BCUT2D eigenvalue weighted by Gasteiger charge is 2.34. The lowest BCUT2D eigenvalue weighted by molar-refractivity contribution is -0.123. The van der Waals surface area contributed by atoms with Gasteiger partial charge in [-0.3, -0.25) is 9.69 Å². The van der Waals surface area contributed by atoms with Crippen molar-refractivity contribution in [2.75, 3.05) is 6.61 Å². The highest BCUT2D eigenvalue weighted by atomic mass is 32.2. The largest absolute Gasteiger partial charge is 0.494 e. The standard InChI is InChI=1S/C26H27N3O2S2/c1-5-13-31-21-11-12-22(18(4)14-21)24-19(16-28(27-24)20-9-7-6-8-10-20)15-23-25(30)29(17(2)3)26(32)33-23/h6-12,14-17H,5,13H2,1-4H3/b23-15+. The monoisotopic (exact) mass is 477 g/mol. The Kier molecular flexibility index (Phi) is 7.00. The third-order valence-corrected chi connectivity index (χ3v) is 6.65. The van der Waals surface area contributed by atoms with Gasteiger partial charge in [-0.1, -0.05) is 49.1 Å². The summed E-state index contributed by atoms with van der Waals surface area (Å²) in [5.74, 6) is 0.790. The van der Waals surface area contributed by atoms with Gasteiger partial charge in [0.05, 0.1) is 17.2 Å². The SMILES string of the molecule is CCCOc1ccc(-c2nn(-c3ccccc3)cc2/C=C2/SC(=S)N(C(C)C)C2=O)c(C)c1. The Morgan fingerprint density at radius 2 is 1.94 bits per heavy atom. The van der Waals surface area contributed by atoms with Crippen molar-refractivity contribution in [3.63, 3.8) is 0 Å². The van der Waals surface area contributed by atoms with Crippen molar-refractivity contribution in [3.8, 4) is 22.7 Å². The quantitative estimate of drug-likeness (QED) is 0.297.